The maximum absolute atomic E-state index is 12.0. The zero-order valence-electron chi connectivity index (χ0n) is 21.7. The summed E-state index contributed by atoms with van der Waals surface area (Å²) in [6, 6.07) is 23.9. The van der Waals surface area contributed by atoms with E-state index >= 15 is 0 Å². The Bertz CT molecular complexity index is 1430. The van der Waals surface area contributed by atoms with Crippen molar-refractivity contribution in [3.8, 4) is 11.4 Å². The first-order chi connectivity index (χ1) is 18.5. The quantitative estimate of drug-likeness (QED) is 0.271. The molecule has 0 aliphatic carbocycles. The molecule has 2 aromatic heterocycles. The van der Waals surface area contributed by atoms with Crippen LogP contribution in [-0.2, 0) is 4.79 Å². The normalized spacial score (nSPS) is 16.8. The molecule has 0 bridgehead atoms. The third-order valence-electron chi connectivity index (χ3n) is 6.69. The average Bonchev–Trinajstić information content (AvgIpc) is 3.55. The van der Waals surface area contributed by atoms with Crippen LogP contribution in [0.4, 0.5) is 11.4 Å². The Labute approximate surface area is 228 Å². The summed E-state index contributed by atoms with van der Waals surface area (Å²) < 4.78 is 7.83. The largest absolute Gasteiger partial charge is 0.494 e. The smallest absolute Gasteiger partial charge is 0.224 e. The summed E-state index contributed by atoms with van der Waals surface area (Å²) in [4.78, 5) is 18.8. The third-order valence-corrected chi connectivity index (χ3v) is 7.01. The summed E-state index contributed by atoms with van der Waals surface area (Å²) in [6.45, 7) is 6.44. The molecule has 194 valence electrons. The first kappa shape index (κ1) is 25.5. The maximum atomic E-state index is 12.0. The molecular weight excluding hydrogens is 494 g/mol. The summed E-state index contributed by atoms with van der Waals surface area (Å²) in [7, 11) is 0. The molecule has 2 aromatic carbocycles. The standard InChI is InChI=1S/C30H31N5O2S/c1-4-27(36)32-24-16-13-22(19-20(24)3)35-29(28(33-30(35)38)25-9-6-7-17-31-25)26-10-8-18-34(26)21-11-14-23(15-12-21)37-5-2/h6-19,28-29H,4-5H2,1-3H3,(H,32,36)(H,33,38). The van der Waals surface area contributed by atoms with Gasteiger partial charge in [0.25, 0.3) is 0 Å². The Morgan fingerprint density at radius 2 is 1.84 bits per heavy atom. The van der Waals surface area contributed by atoms with Gasteiger partial charge in [-0.25, -0.2) is 0 Å². The molecule has 1 amide bonds. The van der Waals surface area contributed by atoms with Crippen LogP contribution in [0.15, 0.2) is 85.2 Å². The molecule has 38 heavy (non-hydrogen) atoms. The molecule has 1 saturated heterocycles. The van der Waals surface area contributed by atoms with Crippen molar-refractivity contribution in [1.29, 1.82) is 0 Å². The van der Waals surface area contributed by atoms with E-state index in [1.807, 2.05) is 63.2 Å². The van der Waals surface area contributed by atoms with E-state index in [1.165, 1.54) is 0 Å². The second-order valence-corrected chi connectivity index (χ2v) is 9.51. The molecule has 2 N–H and O–H groups in total. The van der Waals surface area contributed by atoms with Crippen molar-refractivity contribution in [3.05, 3.63) is 102 Å². The SMILES string of the molecule is CCOc1ccc(-n2cccc2C2C(c3ccccn3)NC(=S)N2c2ccc(NC(=O)CC)c(C)c2)cc1. The molecule has 7 nitrogen and oxygen atoms in total. The van der Waals surface area contributed by atoms with Gasteiger partial charge < -0.3 is 24.8 Å². The number of nitrogens with one attached hydrogen (secondary N) is 2. The highest BCUT2D eigenvalue weighted by molar-refractivity contribution is 7.80. The van der Waals surface area contributed by atoms with Crippen LogP contribution in [0, 0.1) is 6.92 Å². The number of amides is 1. The first-order valence-electron chi connectivity index (χ1n) is 12.8. The summed E-state index contributed by atoms with van der Waals surface area (Å²) in [5.41, 5.74) is 5.71. The van der Waals surface area contributed by atoms with E-state index in [-0.39, 0.29) is 18.0 Å². The Hall–Kier alpha value is -4.17. The van der Waals surface area contributed by atoms with Crippen LogP contribution in [-0.4, -0.2) is 27.2 Å². The molecule has 2 atom stereocenters. The molecule has 3 heterocycles. The maximum Gasteiger partial charge on any atom is 0.224 e. The van der Waals surface area contributed by atoms with Gasteiger partial charge in [0.1, 0.15) is 11.8 Å². The minimum absolute atomic E-state index is 0.0134. The Morgan fingerprint density at radius 3 is 2.53 bits per heavy atom. The van der Waals surface area contributed by atoms with Gasteiger partial charge in [-0.05, 0) is 98.4 Å². The van der Waals surface area contributed by atoms with Gasteiger partial charge in [-0.3, -0.25) is 9.78 Å². The van der Waals surface area contributed by atoms with E-state index < -0.39 is 0 Å². The van der Waals surface area contributed by atoms with Crippen molar-refractivity contribution in [3.63, 3.8) is 0 Å². The highest BCUT2D eigenvalue weighted by atomic mass is 32.1. The topological polar surface area (TPSA) is 71.4 Å². The van der Waals surface area contributed by atoms with Crippen LogP contribution >= 0.6 is 12.2 Å². The number of aryl methyl sites for hydroxylation is 1. The van der Waals surface area contributed by atoms with E-state index in [9.17, 15) is 4.79 Å². The monoisotopic (exact) mass is 525 g/mol. The minimum Gasteiger partial charge on any atom is -0.494 e. The van der Waals surface area contributed by atoms with Crippen molar-refractivity contribution >= 4 is 34.6 Å². The molecule has 0 saturated carbocycles. The molecule has 0 spiro atoms. The Kier molecular flexibility index (Phi) is 7.42. The number of pyridine rings is 1. The predicted molar refractivity (Wildman–Crippen MR) is 155 cm³/mol. The third kappa shape index (κ3) is 4.99. The van der Waals surface area contributed by atoms with Crippen LogP contribution in [0.1, 0.15) is 49.3 Å². The molecule has 8 heteroatoms. The van der Waals surface area contributed by atoms with Crippen LogP contribution in [0.5, 0.6) is 5.75 Å². The van der Waals surface area contributed by atoms with E-state index in [1.54, 1.807) is 6.20 Å². The van der Waals surface area contributed by atoms with Gasteiger partial charge in [-0.2, -0.15) is 0 Å². The fourth-order valence-corrected chi connectivity index (χ4v) is 5.20. The number of anilines is 2. The number of hydrogen-bond acceptors (Lipinski definition) is 4. The van der Waals surface area contributed by atoms with Crippen molar-refractivity contribution in [2.75, 3.05) is 16.8 Å². The van der Waals surface area contributed by atoms with Gasteiger partial charge in [0.15, 0.2) is 5.11 Å². The van der Waals surface area contributed by atoms with Gasteiger partial charge >= 0.3 is 0 Å². The molecule has 4 aromatic rings. The number of carbonyl (C=O) groups excluding carboxylic acids is 1. The number of ether oxygens (including phenoxy) is 1. The molecule has 2 unspecified atom stereocenters. The number of thiocarbonyl (C=S) groups is 1. The van der Waals surface area contributed by atoms with Gasteiger partial charge in [-0.1, -0.05) is 13.0 Å². The lowest BCUT2D eigenvalue weighted by Gasteiger charge is -2.29. The van der Waals surface area contributed by atoms with Gasteiger partial charge in [0.05, 0.1) is 18.3 Å². The minimum atomic E-state index is -0.172. The zero-order valence-corrected chi connectivity index (χ0v) is 22.5. The van der Waals surface area contributed by atoms with E-state index in [0.29, 0.717) is 18.1 Å². The van der Waals surface area contributed by atoms with Crippen LogP contribution in [0.2, 0.25) is 0 Å². The first-order valence-corrected chi connectivity index (χ1v) is 13.2. The average molecular weight is 526 g/mol. The summed E-state index contributed by atoms with van der Waals surface area (Å²) in [5.74, 6) is 0.827. The zero-order chi connectivity index (χ0) is 26.6. The second kappa shape index (κ2) is 11.1. The van der Waals surface area contributed by atoms with E-state index in [0.717, 1.165) is 39.8 Å². The van der Waals surface area contributed by atoms with Crippen molar-refractivity contribution in [2.24, 2.45) is 0 Å². The number of benzene rings is 2. The van der Waals surface area contributed by atoms with Gasteiger partial charge in [-0.15, -0.1) is 0 Å². The number of carbonyl (C=O) groups is 1. The lowest BCUT2D eigenvalue weighted by atomic mass is 10.00. The highest BCUT2D eigenvalue weighted by Crippen LogP contribution is 2.43. The molecule has 5 rings (SSSR count). The fraction of sp³-hybridized carbons (Fsp3) is 0.233. The highest BCUT2D eigenvalue weighted by Gasteiger charge is 2.42. The van der Waals surface area contributed by atoms with Crippen LogP contribution in [0.25, 0.3) is 5.69 Å². The van der Waals surface area contributed by atoms with Gasteiger partial charge in [0.2, 0.25) is 5.91 Å². The van der Waals surface area contributed by atoms with Crippen LogP contribution in [0.3, 0.4) is 0 Å². The summed E-state index contributed by atoms with van der Waals surface area (Å²) in [6.07, 6.45) is 4.30. The Morgan fingerprint density at radius 1 is 1.05 bits per heavy atom. The number of rotatable bonds is 8. The van der Waals surface area contributed by atoms with Crippen molar-refractivity contribution in [2.45, 2.75) is 39.3 Å². The summed E-state index contributed by atoms with van der Waals surface area (Å²) in [5, 5.41) is 7.13. The molecular formula is C30H31N5O2S. The second-order valence-electron chi connectivity index (χ2n) is 9.13. The van der Waals surface area contributed by atoms with Gasteiger partial charge in [0, 0.05) is 41.6 Å². The Balaban J connectivity index is 1.58. The molecule has 0 radical (unpaired) electrons. The predicted octanol–water partition coefficient (Wildman–Crippen LogP) is 6.11. The van der Waals surface area contributed by atoms with E-state index in [4.69, 9.17) is 17.0 Å². The molecule has 1 fully saturated rings. The van der Waals surface area contributed by atoms with Crippen molar-refractivity contribution < 1.29 is 9.53 Å². The molecule has 1 aliphatic rings. The molecule has 1 aliphatic heterocycles. The lowest BCUT2D eigenvalue weighted by molar-refractivity contribution is -0.115. The number of nitrogens with zero attached hydrogens (tertiary/aromatic N) is 3. The number of hydrogen-bond donors (Lipinski definition) is 2. The van der Waals surface area contributed by atoms with Crippen LogP contribution < -0.4 is 20.3 Å². The summed E-state index contributed by atoms with van der Waals surface area (Å²) >= 11 is 5.91. The lowest BCUT2D eigenvalue weighted by Crippen LogP contribution is -2.30. The van der Waals surface area contributed by atoms with E-state index in [2.05, 4.69) is 61.6 Å². The van der Waals surface area contributed by atoms with Crippen molar-refractivity contribution in [1.82, 2.24) is 14.9 Å². The number of aromatic nitrogens is 2. The fourth-order valence-electron chi connectivity index (χ4n) is 4.85.